The molecule has 5 nitrogen and oxygen atoms in total. The Morgan fingerprint density at radius 2 is 1.14 bits per heavy atom. The summed E-state index contributed by atoms with van der Waals surface area (Å²) in [5.74, 6) is 0.00196. The van der Waals surface area contributed by atoms with Crippen LogP contribution in [0.4, 0.5) is 0 Å². The molecule has 0 aromatic rings. The average Bonchev–Trinajstić information content (AvgIpc) is 2.74. The van der Waals surface area contributed by atoms with E-state index in [1.165, 1.54) is 90.1 Å². The van der Waals surface area contributed by atoms with Gasteiger partial charge in [-0.25, -0.2) is 0 Å². The van der Waals surface area contributed by atoms with Gasteiger partial charge in [0, 0.05) is 25.9 Å². The number of carbonyl (C=O) groups excluding carboxylic acids is 2. The second kappa shape index (κ2) is 18.9. The van der Waals surface area contributed by atoms with Crippen LogP contribution in [0.15, 0.2) is 0 Å². The third-order valence-electron chi connectivity index (χ3n) is 5.85. The Kier molecular flexibility index (Phi) is 16.9. The highest BCUT2D eigenvalue weighted by atomic mass is 16.2. The summed E-state index contributed by atoms with van der Waals surface area (Å²) in [6, 6.07) is 0. The van der Waals surface area contributed by atoms with Crippen LogP contribution in [0.25, 0.3) is 0 Å². The third-order valence-corrected chi connectivity index (χ3v) is 5.85. The second-order valence-electron chi connectivity index (χ2n) is 8.64. The topological polar surface area (TPSA) is 61.4 Å². The van der Waals surface area contributed by atoms with E-state index < -0.39 is 0 Å². The van der Waals surface area contributed by atoms with Gasteiger partial charge in [0.05, 0.1) is 0 Å². The molecule has 1 aliphatic heterocycles. The number of hydrogen-bond donors (Lipinski definition) is 2. The van der Waals surface area contributed by atoms with E-state index in [1.807, 2.05) is 0 Å². The van der Waals surface area contributed by atoms with Crippen LogP contribution < -0.4 is 10.6 Å². The molecule has 0 spiro atoms. The van der Waals surface area contributed by atoms with Crippen LogP contribution >= 0.6 is 0 Å². The summed E-state index contributed by atoms with van der Waals surface area (Å²) in [5.41, 5.74) is 0. The maximum absolute atomic E-state index is 11.9. The van der Waals surface area contributed by atoms with Crippen molar-refractivity contribution in [2.45, 2.75) is 110 Å². The first-order valence-electron chi connectivity index (χ1n) is 12.5. The number of nitrogens with zero attached hydrogens (tertiary/aromatic N) is 1. The fourth-order valence-corrected chi connectivity index (χ4v) is 3.96. The van der Waals surface area contributed by atoms with E-state index in [0.717, 1.165) is 32.5 Å². The minimum atomic E-state index is -0.00210. The number of likely N-dealkylation sites (tertiary alicyclic amines) is 1. The summed E-state index contributed by atoms with van der Waals surface area (Å²) < 4.78 is 0. The van der Waals surface area contributed by atoms with Crippen molar-refractivity contribution in [3.05, 3.63) is 0 Å². The quantitative estimate of drug-likeness (QED) is 0.320. The Balaban J connectivity index is 1.82. The molecule has 0 atom stereocenters. The summed E-state index contributed by atoms with van der Waals surface area (Å²) in [6.45, 7) is 7.19. The molecule has 0 aliphatic carbocycles. The number of amides is 2. The first-order valence-corrected chi connectivity index (χ1v) is 12.5. The van der Waals surface area contributed by atoms with Gasteiger partial charge >= 0.3 is 0 Å². The average molecular weight is 410 g/mol. The maximum atomic E-state index is 11.9. The van der Waals surface area contributed by atoms with E-state index in [4.69, 9.17) is 0 Å². The standard InChI is InChI=1S/C24H47N3O2/c1-2-3-4-5-6-7-8-9-10-12-18-25-23(28)16-17-24(29)26-19-15-22-27-20-13-11-14-21-27/h2-22H2,1H3,(H,25,28)(H,26,29). The summed E-state index contributed by atoms with van der Waals surface area (Å²) in [5, 5.41) is 5.89. The molecule has 2 N–H and O–H groups in total. The zero-order valence-electron chi connectivity index (χ0n) is 19.1. The lowest BCUT2D eigenvalue weighted by Crippen LogP contribution is -2.33. The van der Waals surface area contributed by atoms with E-state index in [1.54, 1.807) is 0 Å². The molecule has 1 rings (SSSR count). The molecule has 1 aliphatic rings. The number of rotatable bonds is 18. The lowest BCUT2D eigenvalue weighted by atomic mass is 10.1. The van der Waals surface area contributed by atoms with Crippen LogP contribution in [-0.4, -0.2) is 49.4 Å². The first kappa shape index (κ1) is 25.9. The summed E-state index contributed by atoms with van der Waals surface area (Å²) in [7, 11) is 0. The Morgan fingerprint density at radius 1 is 0.655 bits per heavy atom. The molecule has 1 heterocycles. The number of nitrogens with one attached hydrogen (secondary N) is 2. The molecule has 0 aromatic carbocycles. The monoisotopic (exact) mass is 409 g/mol. The summed E-state index contributed by atoms with van der Waals surface area (Å²) in [6.07, 6.45) is 18.6. The number of piperidine rings is 1. The number of hydrogen-bond acceptors (Lipinski definition) is 3. The van der Waals surface area contributed by atoms with Crippen molar-refractivity contribution in [1.82, 2.24) is 15.5 Å². The van der Waals surface area contributed by atoms with Gasteiger partial charge in [-0.15, -0.1) is 0 Å². The second-order valence-corrected chi connectivity index (χ2v) is 8.64. The van der Waals surface area contributed by atoms with Crippen LogP contribution in [0.5, 0.6) is 0 Å². The smallest absolute Gasteiger partial charge is 0.220 e. The number of carbonyl (C=O) groups is 2. The fourth-order valence-electron chi connectivity index (χ4n) is 3.96. The maximum Gasteiger partial charge on any atom is 0.220 e. The zero-order chi connectivity index (χ0) is 21.0. The van der Waals surface area contributed by atoms with Crippen molar-refractivity contribution in [3.8, 4) is 0 Å². The first-order chi connectivity index (χ1) is 14.2. The van der Waals surface area contributed by atoms with Crippen molar-refractivity contribution < 1.29 is 9.59 Å². The van der Waals surface area contributed by atoms with Crippen LogP contribution in [0.2, 0.25) is 0 Å². The van der Waals surface area contributed by atoms with Gasteiger partial charge in [0.2, 0.25) is 11.8 Å². The molecule has 0 bridgehead atoms. The Hall–Kier alpha value is -1.10. The van der Waals surface area contributed by atoms with E-state index in [2.05, 4.69) is 22.5 Å². The summed E-state index contributed by atoms with van der Waals surface area (Å²) in [4.78, 5) is 26.2. The fraction of sp³-hybridized carbons (Fsp3) is 0.917. The van der Waals surface area contributed by atoms with E-state index in [0.29, 0.717) is 12.8 Å². The van der Waals surface area contributed by atoms with E-state index >= 15 is 0 Å². The van der Waals surface area contributed by atoms with Gasteiger partial charge in [-0.3, -0.25) is 9.59 Å². The molecule has 170 valence electrons. The van der Waals surface area contributed by atoms with Crippen molar-refractivity contribution in [2.24, 2.45) is 0 Å². The molecule has 0 radical (unpaired) electrons. The van der Waals surface area contributed by atoms with Crippen molar-refractivity contribution in [3.63, 3.8) is 0 Å². The molecule has 2 amide bonds. The van der Waals surface area contributed by atoms with Gasteiger partial charge in [0.15, 0.2) is 0 Å². The Morgan fingerprint density at radius 3 is 1.69 bits per heavy atom. The lowest BCUT2D eigenvalue weighted by molar-refractivity contribution is -0.126. The molecular formula is C24H47N3O2. The van der Waals surface area contributed by atoms with Crippen LogP contribution in [0.1, 0.15) is 110 Å². The SMILES string of the molecule is CCCCCCCCCCCCNC(=O)CCC(=O)NCCCN1CCCCC1. The lowest BCUT2D eigenvalue weighted by Gasteiger charge is -2.26. The molecule has 0 aromatic heterocycles. The molecule has 1 saturated heterocycles. The minimum Gasteiger partial charge on any atom is -0.356 e. The van der Waals surface area contributed by atoms with E-state index in [-0.39, 0.29) is 11.8 Å². The van der Waals surface area contributed by atoms with E-state index in [9.17, 15) is 9.59 Å². The van der Waals surface area contributed by atoms with Gasteiger partial charge in [-0.2, -0.15) is 0 Å². The third kappa shape index (κ3) is 16.4. The Labute approximate surface area is 179 Å². The van der Waals surface area contributed by atoms with Gasteiger partial charge in [-0.1, -0.05) is 71.1 Å². The van der Waals surface area contributed by atoms with Crippen molar-refractivity contribution in [2.75, 3.05) is 32.7 Å². The van der Waals surface area contributed by atoms with Gasteiger partial charge < -0.3 is 15.5 Å². The van der Waals surface area contributed by atoms with Gasteiger partial charge in [0.25, 0.3) is 0 Å². The predicted octanol–water partition coefficient (Wildman–Crippen LogP) is 4.80. The normalized spacial score (nSPS) is 14.7. The largest absolute Gasteiger partial charge is 0.356 e. The molecule has 0 saturated carbocycles. The zero-order valence-corrected chi connectivity index (χ0v) is 19.1. The van der Waals surface area contributed by atoms with Crippen LogP contribution in [0, 0.1) is 0 Å². The Bertz CT molecular complexity index is 409. The molecule has 29 heavy (non-hydrogen) atoms. The predicted molar refractivity (Wildman–Crippen MR) is 122 cm³/mol. The van der Waals surface area contributed by atoms with Crippen LogP contribution in [0.3, 0.4) is 0 Å². The molecule has 5 heteroatoms. The minimum absolute atomic E-state index is 0.00210. The van der Waals surface area contributed by atoms with Gasteiger partial charge in [0.1, 0.15) is 0 Å². The highest BCUT2D eigenvalue weighted by molar-refractivity contribution is 5.83. The summed E-state index contributed by atoms with van der Waals surface area (Å²) >= 11 is 0. The molecule has 0 unspecified atom stereocenters. The van der Waals surface area contributed by atoms with Gasteiger partial charge in [-0.05, 0) is 45.3 Å². The highest BCUT2D eigenvalue weighted by Gasteiger charge is 2.10. The van der Waals surface area contributed by atoms with Crippen molar-refractivity contribution in [1.29, 1.82) is 0 Å². The van der Waals surface area contributed by atoms with Crippen molar-refractivity contribution >= 4 is 11.8 Å². The highest BCUT2D eigenvalue weighted by Crippen LogP contribution is 2.10. The van der Waals surface area contributed by atoms with Crippen LogP contribution in [-0.2, 0) is 9.59 Å². The number of unbranched alkanes of at least 4 members (excludes halogenated alkanes) is 9. The molecule has 1 fully saturated rings. The molecular weight excluding hydrogens is 362 g/mol.